The Bertz CT molecular complexity index is 723. The van der Waals surface area contributed by atoms with Crippen LogP contribution in [-0.2, 0) is 4.84 Å². The average molecular weight is 319 g/mol. The van der Waals surface area contributed by atoms with Gasteiger partial charge in [0.05, 0.1) is 5.56 Å². The van der Waals surface area contributed by atoms with Gasteiger partial charge in [-0.05, 0) is 42.4 Å². The van der Waals surface area contributed by atoms with Gasteiger partial charge < -0.3 is 4.84 Å². The van der Waals surface area contributed by atoms with Crippen molar-refractivity contribution in [2.24, 2.45) is 11.8 Å². The van der Waals surface area contributed by atoms with Gasteiger partial charge in [0.2, 0.25) is 0 Å². The van der Waals surface area contributed by atoms with E-state index in [-0.39, 0.29) is 5.97 Å². The third-order valence-corrected chi connectivity index (χ3v) is 4.98. The van der Waals surface area contributed by atoms with Crippen molar-refractivity contribution in [1.29, 1.82) is 0 Å². The smallest absolute Gasteiger partial charge is 0.357 e. The van der Waals surface area contributed by atoms with Crippen LogP contribution in [-0.4, -0.2) is 24.1 Å². The molecule has 2 aliphatic rings. The minimum absolute atomic E-state index is 0.254. The third-order valence-electron chi connectivity index (χ3n) is 4.98. The lowest BCUT2D eigenvalue weighted by molar-refractivity contribution is -0.0973. The van der Waals surface area contributed by atoms with Crippen molar-refractivity contribution in [2.75, 3.05) is 13.1 Å². The zero-order valence-electron chi connectivity index (χ0n) is 13.6. The van der Waals surface area contributed by atoms with Gasteiger partial charge in [0.15, 0.2) is 0 Å². The molecule has 1 saturated carbocycles. The predicted octanol–water partition coefficient (Wildman–Crippen LogP) is 4.18. The number of nitrogens with zero attached hydrogens (tertiary/aromatic N) is 1. The Balaban J connectivity index is 1.35. The first kappa shape index (κ1) is 15.2. The first-order chi connectivity index (χ1) is 11.8. The summed E-state index contributed by atoms with van der Waals surface area (Å²) in [5.74, 6) is 0.947. The molecule has 4 rings (SSSR count). The van der Waals surface area contributed by atoms with Gasteiger partial charge in [-0.2, -0.15) is 0 Å². The Morgan fingerprint density at radius 1 is 0.917 bits per heavy atom. The maximum atomic E-state index is 12.2. The molecule has 2 atom stereocenters. The molecule has 0 radical (unpaired) electrons. The van der Waals surface area contributed by atoms with Crippen molar-refractivity contribution in [1.82, 2.24) is 5.06 Å². The fraction of sp³-hybridized carbons (Fsp3) is 0.286. The summed E-state index contributed by atoms with van der Waals surface area (Å²) in [7, 11) is 0. The van der Waals surface area contributed by atoms with E-state index in [1.165, 1.54) is 11.1 Å². The maximum absolute atomic E-state index is 12.2. The zero-order chi connectivity index (χ0) is 16.4. The van der Waals surface area contributed by atoms with E-state index in [1.807, 2.05) is 29.3 Å². The molecule has 0 amide bonds. The number of hydrogen-bond acceptors (Lipinski definition) is 3. The number of carbonyl (C=O) groups is 1. The summed E-state index contributed by atoms with van der Waals surface area (Å²) < 4.78 is 0. The second-order valence-electron chi connectivity index (χ2n) is 6.73. The summed E-state index contributed by atoms with van der Waals surface area (Å²) in [6.07, 6.45) is 4.54. The number of benzene rings is 2. The molecule has 3 heteroatoms. The van der Waals surface area contributed by atoms with E-state index >= 15 is 0 Å². The van der Waals surface area contributed by atoms with E-state index in [0.29, 0.717) is 17.4 Å². The molecule has 24 heavy (non-hydrogen) atoms. The molecule has 0 bridgehead atoms. The van der Waals surface area contributed by atoms with Gasteiger partial charge in [0, 0.05) is 13.1 Å². The molecular formula is C21H21NO2. The molecule has 1 aliphatic carbocycles. The van der Waals surface area contributed by atoms with Gasteiger partial charge >= 0.3 is 5.97 Å². The fourth-order valence-corrected chi connectivity index (χ4v) is 3.84. The van der Waals surface area contributed by atoms with Crippen LogP contribution in [0.4, 0.5) is 0 Å². The van der Waals surface area contributed by atoms with Gasteiger partial charge in [0.25, 0.3) is 0 Å². The van der Waals surface area contributed by atoms with E-state index in [9.17, 15) is 4.79 Å². The summed E-state index contributed by atoms with van der Waals surface area (Å²) in [5, 5.41) is 1.85. The number of allylic oxidation sites excluding steroid dienone is 1. The predicted molar refractivity (Wildman–Crippen MR) is 94.1 cm³/mol. The van der Waals surface area contributed by atoms with Crippen LogP contribution < -0.4 is 0 Å². The van der Waals surface area contributed by atoms with Gasteiger partial charge in [0.1, 0.15) is 0 Å². The van der Waals surface area contributed by atoms with E-state index < -0.39 is 0 Å². The molecule has 0 aromatic heterocycles. The van der Waals surface area contributed by atoms with Gasteiger partial charge in [-0.3, -0.25) is 0 Å². The van der Waals surface area contributed by atoms with Crippen LogP contribution in [0.15, 0.2) is 66.2 Å². The van der Waals surface area contributed by atoms with E-state index in [4.69, 9.17) is 4.84 Å². The molecule has 2 aromatic rings. The van der Waals surface area contributed by atoms with Crippen LogP contribution in [0, 0.1) is 11.8 Å². The van der Waals surface area contributed by atoms with Crippen molar-refractivity contribution in [3.63, 3.8) is 0 Å². The van der Waals surface area contributed by atoms with Crippen molar-refractivity contribution < 1.29 is 9.63 Å². The van der Waals surface area contributed by atoms with Crippen molar-refractivity contribution in [3.05, 3.63) is 77.4 Å². The highest BCUT2D eigenvalue weighted by molar-refractivity contribution is 5.89. The molecule has 1 heterocycles. The van der Waals surface area contributed by atoms with Gasteiger partial charge in [-0.25, -0.2) is 4.79 Å². The molecule has 2 aromatic carbocycles. The van der Waals surface area contributed by atoms with Gasteiger partial charge in [-0.15, -0.1) is 5.06 Å². The standard InChI is InChI=1S/C21H21NO2/c23-21(18-9-5-2-6-10-18)24-22-14-19-12-17(13-20(19)15-22)11-16-7-3-1-4-8-16/h1-11,19-20H,12-15H2/t19-,20+. The Morgan fingerprint density at radius 3 is 2.12 bits per heavy atom. The van der Waals surface area contributed by atoms with Gasteiger partial charge in [-0.1, -0.05) is 60.2 Å². The first-order valence-corrected chi connectivity index (χ1v) is 8.55. The SMILES string of the molecule is O=C(ON1C[C@H]2CC(=Cc3ccccc3)C[C@H]2C1)c1ccccc1. The summed E-state index contributed by atoms with van der Waals surface area (Å²) in [6, 6.07) is 19.7. The molecule has 0 spiro atoms. The average Bonchev–Trinajstić information content (AvgIpc) is 3.14. The van der Waals surface area contributed by atoms with E-state index in [1.54, 1.807) is 12.1 Å². The van der Waals surface area contributed by atoms with Crippen LogP contribution in [0.1, 0.15) is 28.8 Å². The maximum Gasteiger partial charge on any atom is 0.357 e. The molecule has 2 fully saturated rings. The number of fused-ring (bicyclic) bond motifs is 1. The van der Waals surface area contributed by atoms with Crippen LogP contribution in [0.5, 0.6) is 0 Å². The third kappa shape index (κ3) is 3.26. The van der Waals surface area contributed by atoms with Crippen LogP contribution in [0.25, 0.3) is 6.08 Å². The van der Waals surface area contributed by atoms with E-state index in [2.05, 4.69) is 30.3 Å². The topological polar surface area (TPSA) is 29.5 Å². The molecule has 3 nitrogen and oxygen atoms in total. The fourth-order valence-electron chi connectivity index (χ4n) is 3.84. The van der Waals surface area contributed by atoms with Crippen LogP contribution in [0.2, 0.25) is 0 Å². The second-order valence-corrected chi connectivity index (χ2v) is 6.73. The molecule has 0 N–H and O–H groups in total. The molecule has 1 saturated heterocycles. The lowest BCUT2D eigenvalue weighted by atomic mass is 10.0. The number of carbonyl (C=O) groups excluding carboxylic acids is 1. The normalized spacial score (nSPS) is 24.9. The molecule has 122 valence electrons. The second kappa shape index (κ2) is 6.62. The Hall–Kier alpha value is -2.39. The Labute approximate surface area is 142 Å². The zero-order valence-corrected chi connectivity index (χ0v) is 13.6. The minimum Gasteiger partial charge on any atom is -0.364 e. The molecule has 1 aliphatic heterocycles. The Kier molecular flexibility index (Phi) is 4.18. The lowest BCUT2D eigenvalue weighted by Crippen LogP contribution is -2.26. The summed E-state index contributed by atoms with van der Waals surface area (Å²) >= 11 is 0. The van der Waals surface area contributed by atoms with E-state index in [0.717, 1.165) is 25.9 Å². The number of hydroxylamine groups is 2. The largest absolute Gasteiger partial charge is 0.364 e. The quantitative estimate of drug-likeness (QED) is 0.850. The number of rotatable bonds is 3. The number of hydrogen-bond donors (Lipinski definition) is 0. The molecular weight excluding hydrogens is 298 g/mol. The summed E-state index contributed by atoms with van der Waals surface area (Å²) in [4.78, 5) is 17.7. The Morgan fingerprint density at radius 2 is 1.50 bits per heavy atom. The monoisotopic (exact) mass is 319 g/mol. The highest BCUT2D eigenvalue weighted by atomic mass is 16.7. The van der Waals surface area contributed by atoms with Crippen LogP contribution >= 0.6 is 0 Å². The van der Waals surface area contributed by atoms with Crippen molar-refractivity contribution in [3.8, 4) is 0 Å². The summed E-state index contributed by atoms with van der Waals surface area (Å²) in [5.41, 5.74) is 3.41. The highest BCUT2D eigenvalue weighted by Gasteiger charge is 2.40. The van der Waals surface area contributed by atoms with Crippen molar-refractivity contribution in [2.45, 2.75) is 12.8 Å². The lowest BCUT2D eigenvalue weighted by Gasteiger charge is -2.16. The highest BCUT2D eigenvalue weighted by Crippen LogP contribution is 2.42. The minimum atomic E-state index is -0.254. The molecule has 0 unspecified atom stereocenters. The van der Waals surface area contributed by atoms with Crippen LogP contribution in [0.3, 0.4) is 0 Å². The summed E-state index contributed by atoms with van der Waals surface area (Å²) in [6.45, 7) is 1.69. The van der Waals surface area contributed by atoms with Crippen molar-refractivity contribution >= 4 is 12.0 Å². The first-order valence-electron chi connectivity index (χ1n) is 8.55.